The van der Waals surface area contributed by atoms with Gasteiger partial charge in [-0.1, -0.05) is 6.07 Å². The monoisotopic (exact) mass is 456 g/mol. The highest BCUT2D eigenvalue weighted by molar-refractivity contribution is 5.43. The molecule has 0 radical (unpaired) electrons. The number of ether oxygens (including phenoxy) is 3. The second-order valence-corrected chi connectivity index (χ2v) is 8.28. The first kappa shape index (κ1) is 23.0. The smallest absolute Gasteiger partial charge is 0.161 e. The highest BCUT2D eigenvalue weighted by atomic mass is 19.1. The zero-order valence-electron chi connectivity index (χ0n) is 18.7. The van der Waals surface area contributed by atoms with Crippen molar-refractivity contribution in [3.8, 4) is 17.2 Å². The zero-order chi connectivity index (χ0) is 23.1. The summed E-state index contributed by atoms with van der Waals surface area (Å²) >= 11 is 0. The minimum absolute atomic E-state index is 0.196. The normalized spacial score (nSPS) is 15.8. The van der Waals surface area contributed by atoms with Crippen LogP contribution in [0.5, 0.6) is 17.2 Å². The zero-order valence-corrected chi connectivity index (χ0v) is 18.7. The quantitative estimate of drug-likeness (QED) is 0.502. The Hall–Kier alpha value is -3.17. The third-order valence-electron chi connectivity index (χ3n) is 5.82. The van der Waals surface area contributed by atoms with Crippen LogP contribution in [0.1, 0.15) is 18.4 Å². The number of benzene rings is 2. The van der Waals surface area contributed by atoms with Gasteiger partial charge in [0.1, 0.15) is 43.0 Å². The van der Waals surface area contributed by atoms with Crippen molar-refractivity contribution in [2.24, 2.45) is 0 Å². The van der Waals surface area contributed by atoms with E-state index in [2.05, 4.69) is 15.1 Å². The van der Waals surface area contributed by atoms with Crippen LogP contribution >= 0.6 is 0 Å². The Balaban J connectivity index is 1.25. The van der Waals surface area contributed by atoms with Gasteiger partial charge in [0.15, 0.2) is 11.5 Å². The van der Waals surface area contributed by atoms with Crippen molar-refractivity contribution in [3.05, 3.63) is 66.5 Å². The predicted octanol–water partition coefficient (Wildman–Crippen LogP) is 2.91. The number of hydrogen-bond acceptors (Lipinski definition) is 7. The molecule has 0 unspecified atom stereocenters. The number of rotatable bonds is 10. The molecule has 0 atom stereocenters. The molecule has 1 saturated heterocycles. The van der Waals surface area contributed by atoms with E-state index in [0.717, 1.165) is 25.2 Å². The van der Waals surface area contributed by atoms with E-state index in [1.807, 2.05) is 22.8 Å². The number of nitrogens with zero attached hydrogens (tertiary/aromatic N) is 4. The molecule has 0 bridgehead atoms. The average Bonchev–Trinajstić information content (AvgIpc) is 3.35. The Morgan fingerprint density at radius 1 is 1.00 bits per heavy atom. The highest BCUT2D eigenvalue weighted by Crippen LogP contribution is 2.30. The molecule has 1 aliphatic heterocycles. The van der Waals surface area contributed by atoms with E-state index in [9.17, 15) is 9.50 Å². The van der Waals surface area contributed by atoms with Gasteiger partial charge in [0.2, 0.25) is 0 Å². The van der Waals surface area contributed by atoms with Gasteiger partial charge in [-0.05, 0) is 54.8 Å². The molecule has 2 heterocycles. The van der Waals surface area contributed by atoms with Crippen molar-refractivity contribution < 1.29 is 23.7 Å². The number of piperidine rings is 1. The van der Waals surface area contributed by atoms with Gasteiger partial charge in [0.25, 0.3) is 0 Å². The summed E-state index contributed by atoms with van der Waals surface area (Å²) in [5, 5.41) is 18.4. The van der Waals surface area contributed by atoms with E-state index in [4.69, 9.17) is 14.2 Å². The van der Waals surface area contributed by atoms with Gasteiger partial charge in [0.05, 0.1) is 13.7 Å². The van der Waals surface area contributed by atoms with Crippen LogP contribution < -0.4 is 14.2 Å². The Kier molecular flexibility index (Phi) is 7.41. The highest BCUT2D eigenvalue weighted by Gasteiger charge is 2.33. The first-order chi connectivity index (χ1) is 16.0. The molecule has 9 heteroatoms. The summed E-state index contributed by atoms with van der Waals surface area (Å²) in [5.41, 5.74) is 0.233. The molecule has 3 aromatic rings. The Morgan fingerprint density at radius 2 is 1.73 bits per heavy atom. The molecule has 33 heavy (non-hydrogen) atoms. The maximum Gasteiger partial charge on any atom is 0.161 e. The minimum atomic E-state index is -0.884. The van der Waals surface area contributed by atoms with Crippen LogP contribution in [-0.2, 0) is 13.1 Å². The van der Waals surface area contributed by atoms with E-state index in [1.165, 1.54) is 12.1 Å². The summed E-state index contributed by atoms with van der Waals surface area (Å²) in [6.07, 6.45) is 4.52. The van der Waals surface area contributed by atoms with Crippen LogP contribution in [0.25, 0.3) is 0 Å². The van der Waals surface area contributed by atoms with Crippen LogP contribution in [0.3, 0.4) is 0 Å². The lowest BCUT2D eigenvalue weighted by atomic mass is 9.92. The van der Waals surface area contributed by atoms with E-state index in [-0.39, 0.29) is 12.4 Å². The van der Waals surface area contributed by atoms with Crippen molar-refractivity contribution in [2.45, 2.75) is 31.5 Å². The van der Waals surface area contributed by atoms with Gasteiger partial charge in [-0.3, -0.25) is 4.90 Å². The topological polar surface area (TPSA) is 81.9 Å². The first-order valence-corrected chi connectivity index (χ1v) is 11.0. The molecule has 1 N–H and O–H groups in total. The SMILES string of the molecule is COc1cc(CN2CCC(O)(COc3ccc(F)cc3)CC2)ccc1OCCn1cnnc1. The molecule has 1 aliphatic rings. The number of aromatic nitrogens is 3. The lowest BCUT2D eigenvalue weighted by molar-refractivity contribution is -0.0537. The van der Waals surface area contributed by atoms with Crippen LogP contribution in [0.4, 0.5) is 4.39 Å². The molecule has 176 valence electrons. The van der Waals surface area contributed by atoms with Crippen molar-refractivity contribution in [3.63, 3.8) is 0 Å². The number of aliphatic hydroxyl groups is 1. The van der Waals surface area contributed by atoms with E-state index in [0.29, 0.717) is 43.2 Å². The summed E-state index contributed by atoms with van der Waals surface area (Å²) in [6, 6.07) is 11.8. The molecule has 1 aromatic heterocycles. The molecular weight excluding hydrogens is 427 g/mol. The number of methoxy groups -OCH3 is 1. The standard InChI is InChI=1S/C24H29FN4O4/c1-31-23-14-19(2-7-22(23)32-13-12-29-17-26-27-18-29)15-28-10-8-24(30,9-11-28)16-33-21-5-3-20(25)4-6-21/h2-7,14,17-18,30H,8-13,15-16H2,1H3. The lowest BCUT2D eigenvalue weighted by Crippen LogP contribution is -2.47. The fourth-order valence-corrected chi connectivity index (χ4v) is 3.81. The third kappa shape index (κ3) is 6.43. The molecule has 1 fully saturated rings. The molecule has 0 spiro atoms. The molecule has 4 rings (SSSR count). The molecule has 0 amide bonds. The fourth-order valence-electron chi connectivity index (χ4n) is 3.81. The number of halogens is 1. The van der Waals surface area contributed by atoms with E-state index in [1.54, 1.807) is 31.9 Å². The molecule has 0 saturated carbocycles. The lowest BCUT2D eigenvalue weighted by Gasteiger charge is -2.38. The predicted molar refractivity (Wildman–Crippen MR) is 120 cm³/mol. The van der Waals surface area contributed by atoms with Crippen LogP contribution in [0.15, 0.2) is 55.1 Å². The van der Waals surface area contributed by atoms with Crippen molar-refractivity contribution in [2.75, 3.05) is 33.4 Å². The van der Waals surface area contributed by atoms with Crippen molar-refractivity contribution in [1.29, 1.82) is 0 Å². The van der Waals surface area contributed by atoms with Gasteiger partial charge >= 0.3 is 0 Å². The van der Waals surface area contributed by atoms with Crippen LogP contribution in [0.2, 0.25) is 0 Å². The maximum absolute atomic E-state index is 13.0. The van der Waals surface area contributed by atoms with E-state index >= 15 is 0 Å². The largest absolute Gasteiger partial charge is 0.493 e. The minimum Gasteiger partial charge on any atom is -0.493 e. The molecular formula is C24H29FN4O4. The summed E-state index contributed by atoms with van der Waals surface area (Å²) in [5.74, 6) is 1.64. The summed E-state index contributed by atoms with van der Waals surface area (Å²) in [6.45, 7) is 3.59. The molecule has 8 nitrogen and oxygen atoms in total. The summed E-state index contributed by atoms with van der Waals surface area (Å²) in [4.78, 5) is 2.30. The Morgan fingerprint density at radius 3 is 2.42 bits per heavy atom. The van der Waals surface area contributed by atoms with Crippen molar-refractivity contribution >= 4 is 0 Å². The Labute approximate surface area is 192 Å². The summed E-state index contributed by atoms with van der Waals surface area (Å²) in [7, 11) is 1.63. The summed E-state index contributed by atoms with van der Waals surface area (Å²) < 4.78 is 31.9. The number of hydrogen-bond donors (Lipinski definition) is 1. The fraction of sp³-hybridized carbons (Fsp3) is 0.417. The second-order valence-electron chi connectivity index (χ2n) is 8.28. The number of likely N-dealkylation sites (tertiary alicyclic amines) is 1. The Bertz CT molecular complexity index is 1010. The van der Waals surface area contributed by atoms with Gasteiger partial charge in [0, 0.05) is 19.6 Å². The molecule has 0 aliphatic carbocycles. The van der Waals surface area contributed by atoms with Gasteiger partial charge in [-0.2, -0.15) is 0 Å². The molecule has 2 aromatic carbocycles. The van der Waals surface area contributed by atoms with Gasteiger partial charge in [-0.15, -0.1) is 10.2 Å². The average molecular weight is 457 g/mol. The maximum atomic E-state index is 13.0. The van der Waals surface area contributed by atoms with Gasteiger partial charge < -0.3 is 23.9 Å². The van der Waals surface area contributed by atoms with Gasteiger partial charge in [-0.25, -0.2) is 4.39 Å². The second kappa shape index (κ2) is 10.6. The van der Waals surface area contributed by atoms with Crippen molar-refractivity contribution in [1.82, 2.24) is 19.7 Å². The van der Waals surface area contributed by atoms with E-state index < -0.39 is 5.60 Å². The van der Waals surface area contributed by atoms with Crippen LogP contribution in [-0.4, -0.2) is 63.8 Å². The first-order valence-electron chi connectivity index (χ1n) is 11.0. The third-order valence-corrected chi connectivity index (χ3v) is 5.82. The van der Waals surface area contributed by atoms with Crippen LogP contribution in [0, 0.1) is 5.82 Å².